The fraction of sp³-hybridized carbons (Fsp3) is 0.0556. The van der Waals surface area contributed by atoms with Crippen LogP contribution < -0.4 is 16.2 Å². The van der Waals surface area contributed by atoms with Gasteiger partial charge in [0.25, 0.3) is 0 Å². The maximum absolute atomic E-state index is 13.8. The molecule has 0 atom stereocenters. The first-order valence-corrected chi connectivity index (χ1v) is 8.10. The number of carboxylic acids is 1. The Kier molecular flexibility index (Phi) is 5.77. The minimum Gasteiger partial charge on any atom is -0.480 e. The molecule has 0 unspecified atom stereocenters. The third-order valence-corrected chi connectivity index (χ3v) is 3.62. The van der Waals surface area contributed by atoms with Crippen LogP contribution in [-0.2, 0) is 4.79 Å². The largest absolute Gasteiger partial charge is 0.480 e. The second kappa shape index (κ2) is 8.42. The summed E-state index contributed by atoms with van der Waals surface area (Å²) in [6.07, 6.45) is 0. The smallest absolute Gasteiger partial charge is 0.322 e. The predicted octanol–water partition coefficient (Wildman–Crippen LogP) is 3.64. The molecule has 0 bridgehead atoms. The summed E-state index contributed by atoms with van der Waals surface area (Å²) in [4.78, 5) is 18.9. The minimum absolute atomic E-state index is 0.0461. The van der Waals surface area contributed by atoms with E-state index >= 15 is 0 Å². The topological polar surface area (TPSA) is 99.2 Å². The van der Waals surface area contributed by atoms with E-state index in [0.717, 1.165) is 0 Å². The maximum atomic E-state index is 13.8. The highest BCUT2D eigenvalue weighted by Crippen LogP contribution is 2.25. The number of hydrogen-bond donors (Lipinski definition) is 4. The van der Waals surface area contributed by atoms with Crippen LogP contribution in [0.15, 0.2) is 42.5 Å². The molecule has 7 nitrogen and oxygen atoms in total. The summed E-state index contributed by atoms with van der Waals surface area (Å²) >= 11 is 0. The van der Waals surface area contributed by atoms with Crippen LogP contribution in [0.4, 0.5) is 35.0 Å². The van der Waals surface area contributed by atoms with Crippen LogP contribution in [0.5, 0.6) is 0 Å². The number of nitrogens with one attached hydrogen (secondary N) is 3. The fourth-order valence-corrected chi connectivity index (χ4v) is 2.31. The van der Waals surface area contributed by atoms with Gasteiger partial charge in [-0.2, -0.15) is 4.98 Å². The monoisotopic (exact) mass is 407 g/mol. The standard InChI is InChI=1S/C18H13F4N5O2/c19-10-6-11(20)16(22)17(15(10)21)27-26-13-7-12(9-4-2-1-3-5-9)24-18(25-13)23-8-14(28)29/h1-7,27H,8H2,(H,28,29)(H2,23,24,25,26). The quantitative estimate of drug-likeness (QED) is 0.270. The molecule has 150 valence electrons. The van der Waals surface area contributed by atoms with Gasteiger partial charge in [-0.3, -0.25) is 15.6 Å². The van der Waals surface area contributed by atoms with Gasteiger partial charge in [-0.25, -0.2) is 22.5 Å². The van der Waals surface area contributed by atoms with Gasteiger partial charge >= 0.3 is 5.97 Å². The van der Waals surface area contributed by atoms with E-state index in [1.807, 2.05) is 5.43 Å². The van der Waals surface area contributed by atoms with Gasteiger partial charge in [-0.05, 0) is 0 Å². The van der Waals surface area contributed by atoms with Gasteiger partial charge in [0.05, 0.1) is 5.69 Å². The Balaban J connectivity index is 1.92. The van der Waals surface area contributed by atoms with Gasteiger partial charge < -0.3 is 10.4 Å². The highest BCUT2D eigenvalue weighted by atomic mass is 19.2. The van der Waals surface area contributed by atoms with E-state index in [1.54, 1.807) is 30.3 Å². The Labute approximate surface area is 161 Å². The van der Waals surface area contributed by atoms with Gasteiger partial charge in [-0.1, -0.05) is 30.3 Å². The highest BCUT2D eigenvalue weighted by molar-refractivity contribution is 5.72. The Morgan fingerprint density at radius 1 is 0.931 bits per heavy atom. The number of carboxylic acid groups (broad SMARTS) is 1. The number of nitrogens with zero attached hydrogens (tertiary/aromatic N) is 2. The molecule has 0 fully saturated rings. The average molecular weight is 407 g/mol. The number of anilines is 3. The Hall–Kier alpha value is -3.89. The molecule has 0 saturated carbocycles. The van der Waals surface area contributed by atoms with Gasteiger partial charge in [0.1, 0.15) is 12.2 Å². The molecule has 11 heteroatoms. The molecule has 2 aromatic carbocycles. The lowest BCUT2D eigenvalue weighted by Gasteiger charge is -2.14. The minimum atomic E-state index is -1.63. The van der Waals surface area contributed by atoms with E-state index in [0.29, 0.717) is 11.3 Å². The molecular formula is C18H13F4N5O2. The maximum Gasteiger partial charge on any atom is 0.322 e. The summed E-state index contributed by atoms with van der Waals surface area (Å²) in [5.41, 5.74) is 4.28. The number of benzene rings is 2. The van der Waals surface area contributed by atoms with Crippen LogP contribution >= 0.6 is 0 Å². The molecule has 3 aromatic rings. The van der Waals surface area contributed by atoms with E-state index in [4.69, 9.17) is 5.11 Å². The molecule has 1 heterocycles. The first kappa shape index (κ1) is 19.9. The van der Waals surface area contributed by atoms with Crippen molar-refractivity contribution in [1.82, 2.24) is 9.97 Å². The predicted molar refractivity (Wildman–Crippen MR) is 97.1 cm³/mol. The molecule has 0 spiro atoms. The van der Waals surface area contributed by atoms with Crippen molar-refractivity contribution in [1.29, 1.82) is 0 Å². The van der Waals surface area contributed by atoms with Crippen LogP contribution in [0.25, 0.3) is 11.3 Å². The zero-order chi connectivity index (χ0) is 21.0. The van der Waals surface area contributed by atoms with Gasteiger partial charge in [0, 0.05) is 17.7 Å². The summed E-state index contributed by atoms with van der Waals surface area (Å²) in [6, 6.07) is 10.2. The zero-order valence-electron chi connectivity index (χ0n) is 14.5. The summed E-state index contributed by atoms with van der Waals surface area (Å²) < 4.78 is 54.2. The number of rotatable bonds is 7. The molecular weight excluding hydrogens is 394 g/mol. The fourth-order valence-electron chi connectivity index (χ4n) is 2.31. The summed E-state index contributed by atoms with van der Waals surface area (Å²) in [5.74, 6) is -7.71. The van der Waals surface area contributed by atoms with Gasteiger partial charge in [0.2, 0.25) is 5.95 Å². The number of aliphatic carboxylic acids is 1. The third-order valence-electron chi connectivity index (χ3n) is 3.62. The second-order valence-electron chi connectivity index (χ2n) is 5.67. The molecule has 0 radical (unpaired) electrons. The van der Waals surface area contributed by atoms with E-state index in [9.17, 15) is 22.4 Å². The summed E-state index contributed by atoms with van der Waals surface area (Å²) in [5, 5.41) is 11.3. The van der Waals surface area contributed by atoms with Gasteiger partial charge in [0.15, 0.2) is 29.1 Å². The zero-order valence-corrected chi connectivity index (χ0v) is 14.5. The summed E-state index contributed by atoms with van der Waals surface area (Å²) in [7, 11) is 0. The van der Waals surface area contributed by atoms with Crippen LogP contribution in [0, 0.1) is 23.3 Å². The van der Waals surface area contributed by atoms with E-state index in [-0.39, 0.29) is 17.8 Å². The average Bonchev–Trinajstić information content (AvgIpc) is 2.71. The van der Waals surface area contributed by atoms with Crippen LogP contribution in [0.1, 0.15) is 0 Å². The van der Waals surface area contributed by atoms with E-state index in [1.165, 1.54) is 6.07 Å². The van der Waals surface area contributed by atoms with E-state index < -0.39 is 41.5 Å². The van der Waals surface area contributed by atoms with Crippen LogP contribution in [0.2, 0.25) is 0 Å². The molecule has 0 aliphatic carbocycles. The van der Waals surface area contributed by atoms with Crippen molar-refractivity contribution in [3.8, 4) is 11.3 Å². The molecule has 0 amide bonds. The second-order valence-corrected chi connectivity index (χ2v) is 5.67. The number of halogens is 4. The summed E-state index contributed by atoms with van der Waals surface area (Å²) in [6.45, 7) is -0.483. The Morgan fingerprint density at radius 2 is 1.59 bits per heavy atom. The van der Waals surface area contributed by atoms with Crippen molar-refractivity contribution < 1.29 is 27.5 Å². The molecule has 0 aliphatic rings. The molecule has 1 aromatic heterocycles. The van der Waals surface area contributed by atoms with Crippen molar-refractivity contribution >= 4 is 23.4 Å². The lowest BCUT2D eigenvalue weighted by molar-refractivity contribution is -0.134. The lowest BCUT2D eigenvalue weighted by Crippen LogP contribution is -2.17. The molecule has 4 N–H and O–H groups in total. The van der Waals surface area contributed by atoms with E-state index in [2.05, 4.69) is 20.7 Å². The molecule has 0 aliphatic heterocycles. The molecule has 0 saturated heterocycles. The molecule has 3 rings (SSSR count). The van der Waals surface area contributed by atoms with Crippen LogP contribution in [-0.4, -0.2) is 27.6 Å². The number of aromatic nitrogens is 2. The van der Waals surface area contributed by atoms with Crippen molar-refractivity contribution in [3.63, 3.8) is 0 Å². The van der Waals surface area contributed by atoms with Crippen molar-refractivity contribution in [2.45, 2.75) is 0 Å². The number of hydrogen-bond acceptors (Lipinski definition) is 6. The van der Waals surface area contributed by atoms with Crippen molar-refractivity contribution in [2.75, 3.05) is 22.7 Å². The number of carbonyl (C=O) groups is 1. The Morgan fingerprint density at radius 3 is 2.21 bits per heavy atom. The van der Waals surface area contributed by atoms with Gasteiger partial charge in [-0.15, -0.1) is 0 Å². The third kappa shape index (κ3) is 4.69. The number of hydrazine groups is 1. The van der Waals surface area contributed by atoms with Crippen molar-refractivity contribution in [2.24, 2.45) is 0 Å². The van der Waals surface area contributed by atoms with Crippen LogP contribution in [0.3, 0.4) is 0 Å². The molecule has 29 heavy (non-hydrogen) atoms. The first-order valence-electron chi connectivity index (χ1n) is 8.10. The lowest BCUT2D eigenvalue weighted by atomic mass is 10.1. The first-order chi connectivity index (χ1) is 13.8. The SMILES string of the molecule is O=C(O)CNc1nc(NNc2c(F)c(F)cc(F)c2F)cc(-c2ccccc2)n1. The normalized spacial score (nSPS) is 10.5. The Bertz CT molecular complexity index is 1020. The highest BCUT2D eigenvalue weighted by Gasteiger charge is 2.19. The van der Waals surface area contributed by atoms with Crippen molar-refractivity contribution in [3.05, 3.63) is 65.7 Å².